The second kappa shape index (κ2) is 8.04. The summed E-state index contributed by atoms with van der Waals surface area (Å²) >= 11 is 0. The molecule has 212 valence electrons. The van der Waals surface area contributed by atoms with E-state index in [-0.39, 0.29) is 35.6 Å². The highest BCUT2D eigenvalue weighted by atomic mass is 16.6. The average Bonchev–Trinajstić information content (AvgIpc) is 3.17. The zero-order valence-corrected chi connectivity index (χ0v) is 24.2. The summed E-state index contributed by atoms with van der Waals surface area (Å²) in [5.41, 5.74) is -5.01. The molecule has 39 heavy (non-hydrogen) atoms. The van der Waals surface area contributed by atoms with Crippen molar-refractivity contribution in [1.82, 2.24) is 0 Å². The van der Waals surface area contributed by atoms with E-state index in [9.17, 15) is 24.0 Å². The summed E-state index contributed by atoms with van der Waals surface area (Å²) in [5.74, 6) is -3.21. The third-order valence-corrected chi connectivity index (χ3v) is 11.2. The van der Waals surface area contributed by atoms with Crippen molar-refractivity contribution in [2.45, 2.75) is 86.9 Å². The van der Waals surface area contributed by atoms with Crippen LogP contribution in [0.4, 0.5) is 0 Å². The molecule has 4 aliphatic carbocycles. The Balaban J connectivity index is 1.79. The van der Waals surface area contributed by atoms with Gasteiger partial charge in [0.2, 0.25) is 0 Å². The van der Waals surface area contributed by atoms with Crippen LogP contribution in [0.25, 0.3) is 0 Å². The minimum atomic E-state index is -1.78. The molecule has 0 aromatic heterocycles. The largest absolute Gasteiger partial charge is 0.468 e. The number of allylic oxidation sites excluding steroid dienone is 3. The van der Waals surface area contributed by atoms with E-state index in [4.69, 9.17) is 18.9 Å². The van der Waals surface area contributed by atoms with Gasteiger partial charge in [-0.05, 0) is 40.0 Å². The fraction of sp³-hybridized carbons (Fsp3) is 0.700. The van der Waals surface area contributed by atoms with Gasteiger partial charge in [-0.2, -0.15) is 0 Å². The molecule has 1 heterocycles. The van der Waals surface area contributed by atoms with Gasteiger partial charge in [-0.15, -0.1) is 0 Å². The molecule has 9 heteroatoms. The van der Waals surface area contributed by atoms with E-state index in [2.05, 4.69) is 0 Å². The van der Waals surface area contributed by atoms with Crippen LogP contribution in [-0.4, -0.2) is 49.0 Å². The predicted octanol–water partition coefficient (Wildman–Crippen LogP) is 3.84. The Bertz CT molecular complexity index is 1290. The second-order valence-electron chi connectivity index (χ2n) is 13.1. The SMILES string of the molecule is COC(=O)[C@@]12C(=O)C(C)=C(OC(C)=O)[C@]1(C)C(C)=C[C@@H]1[C@]34CC[C@H](OC(C)=O)C(C)(C)C3[C@H](C[C@@]12C)OC4=O. The number of rotatable bonds is 3. The summed E-state index contributed by atoms with van der Waals surface area (Å²) < 4.78 is 23.0. The molecule has 0 aromatic rings. The lowest BCUT2D eigenvalue weighted by molar-refractivity contribution is -0.217. The fourth-order valence-corrected chi connectivity index (χ4v) is 9.88. The maximum Gasteiger partial charge on any atom is 0.321 e. The second-order valence-corrected chi connectivity index (χ2v) is 13.1. The third-order valence-electron chi connectivity index (χ3n) is 11.2. The molecule has 1 unspecified atom stereocenters. The number of fused-ring (bicyclic) bond motifs is 3. The van der Waals surface area contributed by atoms with Crippen molar-refractivity contribution in [2.75, 3.05) is 7.11 Å². The van der Waals surface area contributed by atoms with Gasteiger partial charge in [0.05, 0.1) is 17.9 Å². The summed E-state index contributed by atoms with van der Waals surface area (Å²) in [6.07, 6.45) is 2.02. The Morgan fingerprint density at radius 1 is 1.03 bits per heavy atom. The summed E-state index contributed by atoms with van der Waals surface area (Å²) in [6, 6.07) is 0. The highest BCUT2D eigenvalue weighted by Crippen LogP contribution is 2.79. The highest BCUT2D eigenvalue weighted by Gasteiger charge is 2.85. The molecular weight excluding hydrogens is 504 g/mol. The van der Waals surface area contributed by atoms with E-state index < -0.39 is 62.9 Å². The minimum absolute atomic E-state index is 0.150. The van der Waals surface area contributed by atoms with Crippen molar-refractivity contribution < 1.29 is 42.9 Å². The molecule has 3 fully saturated rings. The van der Waals surface area contributed by atoms with Crippen LogP contribution in [0.1, 0.15) is 74.7 Å². The minimum Gasteiger partial charge on any atom is -0.468 e. The number of carbonyl (C=O) groups is 5. The van der Waals surface area contributed by atoms with E-state index >= 15 is 0 Å². The lowest BCUT2D eigenvalue weighted by Crippen LogP contribution is -2.71. The van der Waals surface area contributed by atoms with Crippen molar-refractivity contribution in [3.63, 3.8) is 0 Å². The third kappa shape index (κ3) is 2.84. The Morgan fingerprint density at radius 2 is 1.67 bits per heavy atom. The standard InChI is InChI=1S/C30H38O9/c1-14-12-19-27(7,30(25(35)36-9)22(33)15(2)23(28(14,30)8)38-17(4)32)13-18-21-26(5,6)20(37-16(3)31)10-11-29(19,21)24(34)39-18/h12,18-21H,10-11,13H2,1-9H3/t18-,19-,20-,21?,27-,28-,29+,30+/m0/s1. The van der Waals surface area contributed by atoms with Gasteiger partial charge < -0.3 is 18.9 Å². The van der Waals surface area contributed by atoms with E-state index in [1.54, 1.807) is 13.8 Å². The molecule has 1 saturated heterocycles. The zero-order chi connectivity index (χ0) is 29.1. The van der Waals surface area contributed by atoms with Crippen LogP contribution in [0.3, 0.4) is 0 Å². The highest BCUT2D eigenvalue weighted by molar-refractivity contribution is 6.17. The van der Waals surface area contributed by atoms with Crippen LogP contribution in [0.15, 0.2) is 23.0 Å². The monoisotopic (exact) mass is 542 g/mol. The molecule has 0 aromatic carbocycles. The number of carbonyl (C=O) groups excluding carboxylic acids is 5. The van der Waals surface area contributed by atoms with Gasteiger partial charge in [0.1, 0.15) is 18.0 Å². The van der Waals surface area contributed by atoms with Crippen LogP contribution in [0, 0.1) is 38.9 Å². The van der Waals surface area contributed by atoms with Crippen LogP contribution >= 0.6 is 0 Å². The Labute approximate surface area is 228 Å². The van der Waals surface area contributed by atoms with Crippen molar-refractivity contribution in [2.24, 2.45) is 38.9 Å². The van der Waals surface area contributed by atoms with Gasteiger partial charge in [-0.1, -0.05) is 32.4 Å². The average molecular weight is 543 g/mol. The van der Waals surface area contributed by atoms with E-state index in [1.165, 1.54) is 21.0 Å². The maximum atomic E-state index is 14.5. The van der Waals surface area contributed by atoms with Gasteiger partial charge >= 0.3 is 23.9 Å². The number of hydrogen-bond acceptors (Lipinski definition) is 9. The molecule has 2 saturated carbocycles. The summed E-state index contributed by atoms with van der Waals surface area (Å²) in [6.45, 7) is 13.7. The molecule has 5 rings (SSSR count). The number of esters is 4. The predicted molar refractivity (Wildman–Crippen MR) is 136 cm³/mol. The number of methoxy groups -OCH3 is 1. The molecular formula is C30H38O9. The van der Waals surface area contributed by atoms with Gasteiger partial charge in [-0.3, -0.25) is 24.0 Å². The van der Waals surface area contributed by atoms with Crippen molar-refractivity contribution in [1.29, 1.82) is 0 Å². The number of hydrogen-bond donors (Lipinski definition) is 0. The molecule has 9 nitrogen and oxygen atoms in total. The Kier molecular flexibility index (Phi) is 5.69. The fourth-order valence-electron chi connectivity index (χ4n) is 9.88. The molecule has 0 radical (unpaired) electrons. The van der Waals surface area contributed by atoms with Crippen LogP contribution in [-0.2, 0) is 42.9 Å². The molecule has 8 atom stereocenters. The normalized spacial score (nSPS) is 43.5. The van der Waals surface area contributed by atoms with Crippen molar-refractivity contribution in [3.8, 4) is 0 Å². The van der Waals surface area contributed by atoms with Gasteiger partial charge in [0.15, 0.2) is 11.2 Å². The van der Waals surface area contributed by atoms with E-state index in [0.29, 0.717) is 18.4 Å². The number of ether oxygens (including phenoxy) is 4. The number of ketones is 1. The quantitative estimate of drug-likeness (QED) is 0.227. The first-order valence-electron chi connectivity index (χ1n) is 13.6. The molecule has 0 N–H and O–H groups in total. The molecule has 1 aliphatic heterocycles. The lowest BCUT2D eigenvalue weighted by atomic mass is 9.33. The topological polar surface area (TPSA) is 122 Å². The molecule has 0 spiro atoms. The van der Waals surface area contributed by atoms with Gasteiger partial charge in [0, 0.05) is 42.1 Å². The lowest BCUT2D eigenvalue weighted by Gasteiger charge is -2.66. The van der Waals surface area contributed by atoms with Crippen LogP contribution in [0.2, 0.25) is 0 Å². The summed E-state index contributed by atoms with van der Waals surface area (Å²) in [7, 11) is 1.25. The smallest absolute Gasteiger partial charge is 0.321 e. The first kappa shape index (κ1) is 27.6. The Morgan fingerprint density at radius 3 is 2.23 bits per heavy atom. The molecule has 5 aliphatic rings. The number of Topliss-reactive ketones (excluding diaryl/α,β-unsaturated/α-hetero) is 1. The molecule has 2 bridgehead atoms. The first-order chi connectivity index (χ1) is 18.0. The molecule has 0 amide bonds. The van der Waals surface area contributed by atoms with Gasteiger partial charge in [0.25, 0.3) is 0 Å². The van der Waals surface area contributed by atoms with Crippen molar-refractivity contribution in [3.05, 3.63) is 23.0 Å². The van der Waals surface area contributed by atoms with Crippen molar-refractivity contribution >= 4 is 29.7 Å². The zero-order valence-electron chi connectivity index (χ0n) is 24.2. The van der Waals surface area contributed by atoms with Crippen LogP contribution in [0.5, 0.6) is 0 Å². The summed E-state index contributed by atoms with van der Waals surface area (Å²) in [4.78, 5) is 66.7. The van der Waals surface area contributed by atoms with Crippen LogP contribution < -0.4 is 0 Å². The maximum absolute atomic E-state index is 14.5. The first-order valence-corrected chi connectivity index (χ1v) is 13.6. The van der Waals surface area contributed by atoms with Gasteiger partial charge in [-0.25, -0.2) is 0 Å². The summed E-state index contributed by atoms with van der Waals surface area (Å²) in [5, 5.41) is 0. The Hall–Kier alpha value is -2.97. The van der Waals surface area contributed by atoms with E-state index in [1.807, 2.05) is 33.8 Å². The van der Waals surface area contributed by atoms with E-state index in [0.717, 1.165) is 0 Å².